The number of nitrogens with zero attached hydrogens (tertiary/aromatic N) is 2. The fraction of sp³-hybridized carbons (Fsp3) is 0.364. The van der Waals surface area contributed by atoms with Crippen molar-refractivity contribution >= 4 is 17.5 Å². The number of carbonyl (C=O) groups is 2. The molecule has 1 aliphatic rings. The van der Waals surface area contributed by atoms with Gasteiger partial charge in [0, 0.05) is 31.9 Å². The summed E-state index contributed by atoms with van der Waals surface area (Å²) in [5, 5.41) is 0. The number of aryl methyl sites for hydroxylation is 1. The van der Waals surface area contributed by atoms with Gasteiger partial charge in [0.2, 0.25) is 0 Å². The van der Waals surface area contributed by atoms with Crippen molar-refractivity contribution in [2.75, 3.05) is 52.7 Å². The first kappa shape index (κ1) is 21.3. The number of amides is 2. The van der Waals surface area contributed by atoms with Gasteiger partial charge in [0.05, 0.1) is 19.8 Å². The Balaban J connectivity index is 1.56. The molecule has 0 spiro atoms. The summed E-state index contributed by atoms with van der Waals surface area (Å²) in [5.41, 5.74) is 7.83. The number of benzene rings is 2. The predicted molar refractivity (Wildman–Crippen MR) is 113 cm³/mol. The molecule has 30 heavy (non-hydrogen) atoms. The van der Waals surface area contributed by atoms with E-state index in [0.29, 0.717) is 54.7 Å². The smallest absolute Gasteiger partial charge is 0.260 e. The van der Waals surface area contributed by atoms with Gasteiger partial charge in [-0.15, -0.1) is 0 Å². The topological polar surface area (TPSA) is 94.3 Å². The van der Waals surface area contributed by atoms with Gasteiger partial charge >= 0.3 is 0 Å². The van der Waals surface area contributed by atoms with Gasteiger partial charge in [0.1, 0.15) is 5.75 Å². The quantitative estimate of drug-likeness (QED) is 0.728. The van der Waals surface area contributed by atoms with Crippen molar-refractivity contribution in [2.24, 2.45) is 0 Å². The number of hydrogen-bond acceptors (Lipinski definition) is 6. The monoisotopic (exact) mass is 413 g/mol. The highest BCUT2D eigenvalue weighted by Crippen LogP contribution is 2.31. The zero-order chi connectivity index (χ0) is 21.7. The van der Waals surface area contributed by atoms with E-state index in [1.165, 1.54) is 14.2 Å². The first-order valence-electron chi connectivity index (χ1n) is 9.71. The summed E-state index contributed by atoms with van der Waals surface area (Å²) in [7, 11) is 3.04. The van der Waals surface area contributed by atoms with E-state index in [2.05, 4.69) is 0 Å². The summed E-state index contributed by atoms with van der Waals surface area (Å²) in [6.45, 7) is 3.60. The molecule has 2 amide bonds. The minimum atomic E-state index is -0.147. The van der Waals surface area contributed by atoms with E-state index in [1.807, 2.05) is 6.92 Å². The molecule has 2 aromatic rings. The van der Waals surface area contributed by atoms with Crippen LogP contribution < -0.4 is 19.9 Å². The Hall–Kier alpha value is -3.42. The van der Waals surface area contributed by atoms with Gasteiger partial charge in [-0.05, 0) is 42.8 Å². The standard InChI is InChI=1S/C22H27N3O5/c1-15-13-16(7-8-18(15)23)30-14-20(26)24-9-11-25(12-10-24)22(27)17-5-4-6-19(28-2)21(17)29-3/h4-8,13H,9-12,14,23H2,1-3H3. The minimum absolute atomic E-state index is 0.0546. The second kappa shape index (κ2) is 9.39. The number of para-hydroxylation sites is 1. The second-order valence-corrected chi connectivity index (χ2v) is 7.02. The van der Waals surface area contributed by atoms with Crippen LogP contribution in [-0.2, 0) is 4.79 Å². The highest BCUT2D eigenvalue weighted by molar-refractivity contribution is 5.98. The minimum Gasteiger partial charge on any atom is -0.493 e. The molecule has 0 unspecified atom stereocenters. The van der Waals surface area contributed by atoms with Gasteiger partial charge < -0.3 is 29.7 Å². The molecule has 0 saturated carbocycles. The van der Waals surface area contributed by atoms with Crippen LogP contribution in [0.15, 0.2) is 36.4 Å². The van der Waals surface area contributed by atoms with Crippen LogP contribution in [-0.4, -0.2) is 68.6 Å². The molecule has 0 atom stereocenters. The summed E-state index contributed by atoms with van der Waals surface area (Å²) in [4.78, 5) is 28.9. The lowest BCUT2D eigenvalue weighted by Gasteiger charge is -2.35. The number of carbonyl (C=O) groups excluding carboxylic acids is 2. The van der Waals surface area contributed by atoms with Crippen LogP contribution in [0.3, 0.4) is 0 Å². The molecule has 2 aromatic carbocycles. The van der Waals surface area contributed by atoms with Crippen molar-refractivity contribution in [3.05, 3.63) is 47.5 Å². The van der Waals surface area contributed by atoms with E-state index in [-0.39, 0.29) is 18.4 Å². The molecule has 0 aromatic heterocycles. The van der Waals surface area contributed by atoms with E-state index >= 15 is 0 Å². The first-order valence-corrected chi connectivity index (χ1v) is 9.71. The van der Waals surface area contributed by atoms with E-state index < -0.39 is 0 Å². The van der Waals surface area contributed by atoms with Crippen LogP contribution >= 0.6 is 0 Å². The van der Waals surface area contributed by atoms with Gasteiger partial charge in [-0.3, -0.25) is 9.59 Å². The normalized spacial score (nSPS) is 13.7. The molecular formula is C22H27N3O5. The molecule has 1 saturated heterocycles. The number of rotatable bonds is 6. The fourth-order valence-electron chi connectivity index (χ4n) is 3.36. The maximum absolute atomic E-state index is 12.9. The van der Waals surface area contributed by atoms with Gasteiger partial charge in [-0.25, -0.2) is 0 Å². The molecule has 160 valence electrons. The summed E-state index contributed by atoms with van der Waals surface area (Å²) in [5.74, 6) is 1.26. The fourth-order valence-corrected chi connectivity index (χ4v) is 3.36. The van der Waals surface area contributed by atoms with Crippen LogP contribution in [0.5, 0.6) is 17.2 Å². The Morgan fingerprint density at radius 1 is 1.00 bits per heavy atom. The Morgan fingerprint density at radius 2 is 1.70 bits per heavy atom. The molecule has 1 heterocycles. The SMILES string of the molecule is COc1cccc(C(=O)N2CCN(C(=O)COc3ccc(N)c(C)c3)CC2)c1OC. The zero-order valence-corrected chi connectivity index (χ0v) is 17.5. The number of nitrogens with two attached hydrogens (primary N) is 1. The average Bonchev–Trinajstić information content (AvgIpc) is 2.78. The Labute approximate surface area is 176 Å². The Morgan fingerprint density at radius 3 is 2.33 bits per heavy atom. The van der Waals surface area contributed by atoms with Gasteiger partial charge in [0.15, 0.2) is 18.1 Å². The van der Waals surface area contributed by atoms with Crippen molar-refractivity contribution in [2.45, 2.75) is 6.92 Å². The molecule has 2 N–H and O–H groups in total. The summed E-state index contributed by atoms with van der Waals surface area (Å²) < 4.78 is 16.2. The van der Waals surface area contributed by atoms with Gasteiger partial charge in [-0.1, -0.05) is 6.07 Å². The van der Waals surface area contributed by atoms with Crippen LogP contribution in [0.25, 0.3) is 0 Å². The third-order valence-corrected chi connectivity index (χ3v) is 5.16. The summed E-state index contributed by atoms with van der Waals surface area (Å²) in [6.07, 6.45) is 0. The lowest BCUT2D eigenvalue weighted by atomic mass is 10.1. The van der Waals surface area contributed by atoms with Crippen molar-refractivity contribution < 1.29 is 23.8 Å². The summed E-state index contributed by atoms with van der Waals surface area (Å²) >= 11 is 0. The summed E-state index contributed by atoms with van der Waals surface area (Å²) in [6, 6.07) is 10.5. The number of ether oxygens (including phenoxy) is 3. The largest absolute Gasteiger partial charge is 0.493 e. The molecule has 8 heteroatoms. The highest BCUT2D eigenvalue weighted by Gasteiger charge is 2.27. The third-order valence-electron chi connectivity index (χ3n) is 5.16. The van der Waals surface area contributed by atoms with Crippen LogP contribution in [0.4, 0.5) is 5.69 Å². The number of anilines is 1. The van der Waals surface area contributed by atoms with Gasteiger partial charge in [-0.2, -0.15) is 0 Å². The van der Waals surface area contributed by atoms with Crippen LogP contribution in [0.1, 0.15) is 15.9 Å². The Kier molecular flexibility index (Phi) is 6.66. The van der Waals surface area contributed by atoms with Crippen molar-refractivity contribution in [1.82, 2.24) is 9.80 Å². The van der Waals surface area contributed by atoms with Crippen molar-refractivity contribution in [1.29, 1.82) is 0 Å². The molecule has 0 bridgehead atoms. The molecule has 1 aliphatic heterocycles. The van der Waals surface area contributed by atoms with E-state index in [1.54, 1.807) is 46.2 Å². The number of methoxy groups -OCH3 is 2. The molecule has 3 rings (SSSR count). The number of hydrogen-bond donors (Lipinski definition) is 1. The third kappa shape index (κ3) is 4.59. The molecule has 1 fully saturated rings. The maximum atomic E-state index is 12.9. The lowest BCUT2D eigenvalue weighted by molar-refractivity contribution is -0.134. The number of piperazine rings is 1. The predicted octanol–water partition coefficient (Wildman–Crippen LogP) is 1.96. The van der Waals surface area contributed by atoms with Crippen molar-refractivity contribution in [3.63, 3.8) is 0 Å². The zero-order valence-electron chi connectivity index (χ0n) is 17.5. The van der Waals surface area contributed by atoms with E-state index in [4.69, 9.17) is 19.9 Å². The molecular weight excluding hydrogens is 386 g/mol. The van der Waals surface area contributed by atoms with E-state index in [0.717, 1.165) is 5.56 Å². The van der Waals surface area contributed by atoms with E-state index in [9.17, 15) is 9.59 Å². The maximum Gasteiger partial charge on any atom is 0.260 e. The number of nitrogen functional groups attached to an aromatic ring is 1. The van der Waals surface area contributed by atoms with Crippen molar-refractivity contribution in [3.8, 4) is 17.2 Å². The molecule has 0 aliphatic carbocycles. The van der Waals surface area contributed by atoms with Crippen LogP contribution in [0, 0.1) is 6.92 Å². The van der Waals surface area contributed by atoms with Crippen LogP contribution in [0.2, 0.25) is 0 Å². The molecule has 8 nitrogen and oxygen atoms in total. The first-order chi connectivity index (χ1) is 14.4. The Bertz CT molecular complexity index is 923. The highest BCUT2D eigenvalue weighted by atomic mass is 16.5. The molecule has 0 radical (unpaired) electrons. The second-order valence-electron chi connectivity index (χ2n) is 7.02. The van der Waals surface area contributed by atoms with Gasteiger partial charge in [0.25, 0.3) is 11.8 Å². The average molecular weight is 413 g/mol. The lowest BCUT2D eigenvalue weighted by Crippen LogP contribution is -2.51.